The molecule has 0 spiro atoms. The maximum absolute atomic E-state index is 9.44. The van der Waals surface area contributed by atoms with Gasteiger partial charge in [-0.05, 0) is 6.92 Å². The van der Waals surface area contributed by atoms with Crippen molar-refractivity contribution in [3.8, 4) is 0 Å². The summed E-state index contributed by atoms with van der Waals surface area (Å²) in [6.07, 6.45) is 0.740. The summed E-state index contributed by atoms with van der Waals surface area (Å²) in [7, 11) is 0. The van der Waals surface area contributed by atoms with Crippen molar-refractivity contribution < 1.29 is 9.53 Å². The van der Waals surface area contributed by atoms with E-state index in [2.05, 4.69) is 4.74 Å². The minimum absolute atomic E-state index is 0. The summed E-state index contributed by atoms with van der Waals surface area (Å²) in [5.74, 6) is 0. The van der Waals surface area contributed by atoms with E-state index in [0.29, 0.717) is 6.61 Å². The van der Waals surface area contributed by atoms with Crippen LogP contribution in [0.25, 0.3) is 0 Å². The van der Waals surface area contributed by atoms with Gasteiger partial charge in [0.2, 0.25) is 0 Å². The Kier molecular flexibility index (Phi) is 31.7. The molecule has 0 unspecified atom stereocenters. The molecule has 0 aliphatic carbocycles. The van der Waals surface area contributed by atoms with E-state index in [0.717, 1.165) is 6.29 Å². The van der Waals surface area contributed by atoms with E-state index in [9.17, 15) is 4.79 Å². The third-order valence-electron chi connectivity index (χ3n) is 0.390. The first kappa shape index (κ1) is 16.1. The van der Waals surface area contributed by atoms with Crippen molar-refractivity contribution in [2.45, 2.75) is 6.92 Å². The number of hydrogen-bond acceptors (Lipinski definition) is 2. The molecule has 0 saturated heterocycles. The predicted octanol–water partition coefficient (Wildman–Crippen LogP) is -1.08. The van der Waals surface area contributed by atoms with Crippen LogP contribution in [0.2, 0.25) is 0 Å². The molecule has 0 N–H and O–H groups in total. The molecule has 0 heterocycles. The third kappa shape index (κ3) is 15.7. The molecule has 0 fully saturated rings. The summed E-state index contributed by atoms with van der Waals surface area (Å²) in [6.45, 7) is 2.71. The molecule has 0 radical (unpaired) electrons. The topological polar surface area (TPSA) is 26.3 Å². The standard InChI is InChI=1S/C4H8O2.Li.Na.2H/c1-2-6-4-3-5;;;;/h3H,2,4H2,1H3;;;;. The van der Waals surface area contributed by atoms with Crippen molar-refractivity contribution in [2.75, 3.05) is 13.2 Å². The fourth-order valence-electron chi connectivity index (χ4n) is 0.166. The molecule has 0 aromatic rings. The van der Waals surface area contributed by atoms with Gasteiger partial charge in [-0.15, -0.1) is 0 Å². The average molecular weight is 120 g/mol. The van der Waals surface area contributed by atoms with Gasteiger partial charge in [0.15, 0.2) is 0 Å². The van der Waals surface area contributed by atoms with Crippen molar-refractivity contribution in [3.63, 3.8) is 0 Å². The second kappa shape index (κ2) is 15.7. The van der Waals surface area contributed by atoms with Crippen molar-refractivity contribution in [1.82, 2.24) is 0 Å². The summed E-state index contributed by atoms with van der Waals surface area (Å²) in [5.41, 5.74) is 0. The van der Waals surface area contributed by atoms with Crippen molar-refractivity contribution in [2.24, 2.45) is 0 Å². The van der Waals surface area contributed by atoms with E-state index in [-0.39, 0.29) is 55.0 Å². The molecule has 40 valence electrons. The van der Waals surface area contributed by atoms with Gasteiger partial charge in [0.1, 0.15) is 12.9 Å². The van der Waals surface area contributed by atoms with Crippen molar-refractivity contribution in [3.05, 3.63) is 0 Å². The van der Waals surface area contributed by atoms with E-state index < -0.39 is 0 Å². The van der Waals surface area contributed by atoms with Gasteiger partial charge in [-0.25, -0.2) is 0 Å². The number of rotatable bonds is 3. The van der Waals surface area contributed by atoms with Crippen LogP contribution >= 0.6 is 0 Å². The number of hydrogen-bond donors (Lipinski definition) is 0. The van der Waals surface area contributed by atoms with E-state index in [4.69, 9.17) is 0 Å². The summed E-state index contributed by atoms with van der Waals surface area (Å²) in [5, 5.41) is 0. The molecule has 2 nitrogen and oxygen atoms in total. The number of aldehydes is 1. The molecule has 0 aliphatic heterocycles. The molecule has 0 atom stereocenters. The van der Waals surface area contributed by atoms with E-state index in [1.54, 1.807) is 0 Å². The normalized spacial score (nSPS) is 6.12. The minimum atomic E-state index is 0. The van der Waals surface area contributed by atoms with Crippen LogP contribution in [0.5, 0.6) is 0 Å². The Morgan fingerprint density at radius 3 is 2.25 bits per heavy atom. The zero-order chi connectivity index (χ0) is 4.83. The van der Waals surface area contributed by atoms with Crippen LogP contribution in [0, 0.1) is 0 Å². The number of ether oxygens (including phenoxy) is 1. The first-order valence-corrected chi connectivity index (χ1v) is 1.93. The van der Waals surface area contributed by atoms with E-state index in [1.165, 1.54) is 0 Å². The molecular formula is C4H10LiNaO2. The van der Waals surface area contributed by atoms with Gasteiger partial charge < -0.3 is 9.53 Å². The molecule has 8 heavy (non-hydrogen) atoms. The first-order valence-electron chi connectivity index (χ1n) is 1.93. The maximum atomic E-state index is 9.44. The second-order valence-electron chi connectivity index (χ2n) is 0.826. The van der Waals surface area contributed by atoms with Gasteiger partial charge in [0.25, 0.3) is 0 Å². The Hall–Kier alpha value is 1.23. The van der Waals surface area contributed by atoms with Crippen LogP contribution in [0.4, 0.5) is 0 Å². The van der Waals surface area contributed by atoms with Gasteiger partial charge in [-0.1, -0.05) is 0 Å². The Labute approximate surface area is 83.8 Å². The number of carbonyl (C=O) groups is 1. The molecule has 4 heteroatoms. The van der Waals surface area contributed by atoms with Gasteiger partial charge in [0, 0.05) is 6.61 Å². The van der Waals surface area contributed by atoms with Gasteiger partial charge >= 0.3 is 48.4 Å². The van der Waals surface area contributed by atoms with Crippen molar-refractivity contribution >= 4 is 54.7 Å². The van der Waals surface area contributed by atoms with Gasteiger partial charge in [-0.2, -0.15) is 0 Å². The van der Waals surface area contributed by atoms with Crippen LogP contribution < -0.4 is 0 Å². The quantitative estimate of drug-likeness (QED) is 0.269. The monoisotopic (exact) mass is 120 g/mol. The third-order valence-corrected chi connectivity index (χ3v) is 0.390. The van der Waals surface area contributed by atoms with Crippen LogP contribution in [0.3, 0.4) is 0 Å². The Balaban J connectivity index is -0.000000125. The molecule has 0 rings (SSSR count). The van der Waals surface area contributed by atoms with Gasteiger partial charge in [-0.3, -0.25) is 0 Å². The molecule has 0 aromatic heterocycles. The zero-order valence-electron chi connectivity index (χ0n) is 3.81. The fourth-order valence-corrected chi connectivity index (χ4v) is 0.166. The van der Waals surface area contributed by atoms with Crippen LogP contribution in [0.15, 0.2) is 0 Å². The predicted molar refractivity (Wildman–Crippen MR) is 36.9 cm³/mol. The SMILES string of the molecule is CCOCC=O.[LiH].[NaH]. The van der Waals surface area contributed by atoms with Crippen molar-refractivity contribution in [1.29, 1.82) is 0 Å². The first-order chi connectivity index (χ1) is 2.91. The Morgan fingerprint density at radius 2 is 2.12 bits per heavy atom. The summed E-state index contributed by atoms with van der Waals surface area (Å²) in [4.78, 5) is 9.44. The fraction of sp³-hybridized carbons (Fsp3) is 0.750. The Morgan fingerprint density at radius 1 is 1.62 bits per heavy atom. The average Bonchev–Trinajstić information content (AvgIpc) is 1.61. The molecule has 0 saturated carbocycles. The van der Waals surface area contributed by atoms with Crippen LogP contribution in [-0.2, 0) is 9.53 Å². The van der Waals surface area contributed by atoms with Gasteiger partial charge in [0.05, 0.1) is 0 Å². The van der Waals surface area contributed by atoms with E-state index >= 15 is 0 Å². The molecule has 0 aliphatic rings. The molecule has 0 amide bonds. The molecule has 0 aromatic carbocycles. The second-order valence-corrected chi connectivity index (χ2v) is 0.826. The van der Waals surface area contributed by atoms with Crippen LogP contribution in [0.1, 0.15) is 6.92 Å². The Bertz CT molecular complexity index is 43.0. The zero-order valence-corrected chi connectivity index (χ0v) is 3.81. The molecular weight excluding hydrogens is 110 g/mol. The number of carbonyl (C=O) groups excluding carboxylic acids is 1. The molecule has 0 bridgehead atoms. The summed E-state index contributed by atoms with van der Waals surface area (Å²) in [6, 6.07) is 0. The summed E-state index contributed by atoms with van der Waals surface area (Å²) >= 11 is 0. The van der Waals surface area contributed by atoms with Crippen LogP contribution in [-0.4, -0.2) is 67.9 Å². The summed E-state index contributed by atoms with van der Waals surface area (Å²) < 4.78 is 4.61. The van der Waals surface area contributed by atoms with E-state index in [1.807, 2.05) is 6.92 Å².